The van der Waals surface area contributed by atoms with Crippen molar-refractivity contribution in [2.45, 2.75) is 13.3 Å². The molecule has 0 aliphatic rings. The van der Waals surface area contributed by atoms with Crippen LogP contribution in [0.4, 0.5) is 5.69 Å². The van der Waals surface area contributed by atoms with Gasteiger partial charge in [0.05, 0.1) is 6.61 Å². The quantitative estimate of drug-likeness (QED) is 0.550. The predicted octanol–water partition coefficient (Wildman–Crippen LogP) is 5.28. The van der Waals surface area contributed by atoms with Crippen LogP contribution in [0.15, 0.2) is 78.9 Å². The minimum Gasteiger partial charge on any atom is -0.494 e. The highest BCUT2D eigenvalue weighted by Gasteiger charge is 2.06. The molecule has 138 valence electrons. The molecule has 0 aliphatic carbocycles. The van der Waals surface area contributed by atoms with E-state index in [1.54, 1.807) is 0 Å². The number of ether oxygens (including phenoxy) is 1. The fourth-order valence-corrected chi connectivity index (χ4v) is 3.16. The molecule has 3 aromatic carbocycles. The van der Waals surface area contributed by atoms with Crippen molar-refractivity contribution in [1.29, 1.82) is 0 Å². The van der Waals surface area contributed by atoms with Crippen LogP contribution in [0.3, 0.4) is 0 Å². The van der Waals surface area contributed by atoms with Gasteiger partial charge in [0, 0.05) is 17.8 Å². The maximum Gasteiger partial charge on any atom is 0.170 e. The van der Waals surface area contributed by atoms with Gasteiger partial charge in [0.2, 0.25) is 0 Å². The number of hydrogen-bond acceptors (Lipinski definition) is 2. The first-order chi connectivity index (χ1) is 13.3. The van der Waals surface area contributed by atoms with Crippen molar-refractivity contribution in [2.24, 2.45) is 0 Å². The van der Waals surface area contributed by atoms with Crippen LogP contribution in [-0.2, 0) is 6.42 Å². The van der Waals surface area contributed by atoms with Gasteiger partial charge in [0.1, 0.15) is 5.75 Å². The smallest absolute Gasteiger partial charge is 0.170 e. The molecule has 0 fully saturated rings. The van der Waals surface area contributed by atoms with Crippen LogP contribution in [0.1, 0.15) is 12.5 Å². The first-order valence-electron chi connectivity index (χ1n) is 9.18. The molecule has 0 atom stereocenters. The van der Waals surface area contributed by atoms with Gasteiger partial charge in [-0.05, 0) is 48.8 Å². The summed E-state index contributed by atoms with van der Waals surface area (Å²) in [6.07, 6.45) is 0.846. The normalized spacial score (nSPS) is 10.3. The zero-order valence-corrected chi connectivity index (χ0v) is 16.3. The lowest BCUT2D eigenvalue weighted by Gasteiger charge is -2.15. The number of anilines is 1. The summed E-state index contributed by atoms with van der Waals surface area (Å²) in [5.74, 6) is 0.940. The molecule has 3 aromatic rings. The summed E-state index contributed by atoms with van der Waals surface area (Å²) in [5.41, 5.74) is 4.47. The Balaban J connectivity index is 1.60. The molecule has 0 amide bonds. The molecule has 0 aromatic heterocycles. The SMILES string of the molecule is CCOc1ccccc1CCNC(=S)Nc1ccccc1-c1ccccc1. The van der Waals surface area contributed by atoms with Crippen LogP contribution in [0, 0.1) is 0 Å². The highest BCUT2D eigenvalue weighted by atomic mass is 32.1. The first kappa shape index (κ1) is 18.9. The fourth-order valence-electron chi connectivity index (χ4n) is 2.95. The van der Waals surface area contributed by atoms with Crippen molar-refractivity contribution in [3.05, 3.63) is 84.4 Å². The molecule has 0 unspecified atom stereocenters. The Bertz CT molecular complexity index is 880. The van der Waals surface area contributed by atoms with Crippen molar-refractivity contribution in [3.8, 4) is 16.9 Å². The van der Waals surface area contributed by atoms with Crippen LogP contribution in [0.25, 0.3) is 11.1 Å². The van der Waals surface area contributed by atoms with E-state index in [1.807, 2.05) is 61.5 Å². The Morgan fingerprint density at radius 1 is 0.889 bits per heavy atom. The van der Waals surface area contributed by atoms with Crippen LogP contribution >= 0.6 is 12.2 Å². The number of thiocarbonyl (C=S) groups is 1. The molecular formula is C23H24N2OS. The molecule has 3 nitrogen and oxygen atoms in total. The minimum absolute atomic E-state index is 0.618. The number of benzene rings is 3. The summed E-state index contributed by atoms with van der Waals surface area (Å²) >= 11 is 5.49. The third-order valence-electron chi connectivity index (χ3n) is 4.21. The standard InChI is InChI=1S/C23H24N2OS/c1-2-26-22-15-9-6-12-19(22)16-17-24-23(27)25-21-14-8-7-13-20(21)18-10-4-3-5-11-18/h3-15H,2,16-17H2,1H3,(H2,24,25,27). The maximum absolute atomic E-state index is 5.68. The van der Waals surface area contributed by atoms with Gasteiger partial charge in [-0.25, -0.2) is 0 Å². The van der Waals surface area contributed by atoms with Crippen LogP contribution in [-0.4, -0.2) is 18.3 Å². The molecule has 0 saturated carbocycles. The molecule has 2 N–H and O–H groups in total. The Labute approximate surface area is 166 Å². The highest BCUT2D eigenvalue weighted by Crippen LogP contribution is 2.27. The second-order valence-electron chi connectivity index (χ2n) is 6.08. The lowest BCUT2D eigenvalue weighted by atomic mass is 10.0. The lowest BCUT2D eigenvalue weighted by Crippen LogP contribution is -2.30. The van der Waals surface area contributed by atoms with Crippen molar-refractivity contribution in [2.75, 3.05) is 18.5 Å². The van der Waals surface area contributed by atoms with Gasteiger partial charge in [-0.15, -0.1) is 0 Å². The zero-order valence-electron chi connectivity index (χ0n) is 15.4. The van der Waals surface area contributed by atoms with Crippen molar-refractivity contribution in [1.82, 2.24) is 5.32 Å². The molecule has 0 spiro atoms. The molecule has 27 heavy (non-hydrogen) atoms. The van der Waals surface area contributed by atoms with E-state index in [2.05, 4.69) is 34.9 Å². The van der Waals surface area contributed by atoms with Gasteiger partial charge in [0.25, 0.3) is 0 Å². The molecule has 0 heterocycles. The van der Waals surface area contributed by atoms with Crippen LogP contribution < -0.4 is 15.4 Å². The molecule has 0 radical (unpaired) electrons. The van der Waals surface area contributed by atoms with E-state index in [-0.39, 0.29) is 0 Å². The highest BCUT2D eigenvalue weighted by molar-refractivity contribution is 7.80. The summed E-state index contributed by atoms with van der Waals surface area (Å²) in [7, 11) is 0. The summed E-state index contributed by atoms with van der Waals surface area (Å²) in [6.45, 7) is 3.41. The van der Waals surface area contributed by atoms with Gasteiger partial charge in [-0.3, -0.25) is 0 Å². The third-order valence-corrected chi connectivity index (χ3v) is 4.46. The average Bonchev–Trinajstić information content (AvgIpc) is 2.70. The molecule has 0 aliphatic heterocycles. The monoisotopic (exact) mass is 376 g/mol. The Kier molecular flexibility index (Phi) is 6.83. The predicted molar refractivity (Wildman–Crippen MR) is 117 cm³/mol. The Morgan fingerprint density at radius 3 is 2.41 bits per heavy atom. The van der Waals surface area contributed by atoms with Crippen molar-refractivity contribution >= 4 is 23.0 Å². The van der Waals surface area contributed by atoms with Gasteiger partial charge in [0.15, 0.2) is 5.11 Å². The van der Waals surface area contributed by atoms with Gasteiger partial charge in [-0.1, -0.05) is 66.7 Å². The summed E-state index contributed by atoms with van der Waals surface area (Å²) in [5, 5.41) is 7.23. The average molecular weight is 377 g/mol. The topological polar surface area (TPSA) is 33.3 Å². The van der Waals surface area contributed by atoms with Gasteiger partial charge < -0.3 is 15.4 Å². The van der Waals surface area contributed by atoms with Gasteiger partial charge >= 0.3 is 0 Å². The van der Waals surface area contributed by atoms with Crippen molar-refractivity contribution < 1.29 is 4.74 Å². The zero-order chi connectivity index (χ0) is 18.9. The van der Waals surface area contributed by atoms with E-state index < -0.39 is 0 Å². The van der Waals surface area contributed by atoms with E-state index in [1.165, 1.54) is 5.56 Å². The van der Waals surface area contributed by atoms with E-state index in [0.29, 0.717) is 11.7 Å². The first-order valence-corrected chi connectivity index (χ1v) is 9.58. The molecular weight excluding hydrogens is 352 g/mol. The summed E-state index contributed by atoms with van der Waals surface area (Å²) in [4.78, 5) is 0. The lowest BCUT2D eigenvalue weighted by molar-refractivity contribution is 0.336. The summed E-state index contributed by atoms with van der Waals surface area (Å²) < 4.78 is 5.68. The molecule has 3 rings (SSSR count). The minimum atomic E-state index is 0.618. The van der Waals surface area contributed by atoms with Crippen LogP contribution in [0.5, 0.6) is 5.75 Å². The van der Waals surface area contributed by atoms with Crippen LogP contribution in [0.2, 0.25) is 0 Å². The van der Waals surface area contributed by atoms with E-state index in [4.69, 9.17) is 17.0 Å². The number of nitrogens with one attached hydrogen (secondary N) is 2. The van der Waals surface area contributed by atoms with E-state index in [0.717, 1.165) is 35.5 Å². The van der Waals surface area contributed by atoms with E-state index in [9.17, 15) is 0 Å². The largest absolute Gasteiger partial charge is 0.494 e. The third kappa shape index (κ3) is 5.31. The number of para-hydroxylation sites is 2. The van der Waals surface area contributed by atoms with E-state index >= 15 is 0 Å². The second-order valence-corrected chi connectivity index (χ2v) is 6.49. The number of hydrogen-bond donors (Lipinski definition) is 2. The molecule has 0 bridgehead atoms. The second kappa shape index (κ2) is 9.74. The molecule has 4 heteroatoms. The maximum atomic E-state index is 5.68. The van der Waals surface area contributed by atoms with Gasteiger partial charge in [-0.2, -0.15) is 0 Å². The fraction of sp³-hybridized carbons (Fsp3) is 0.174. The number of rotatable bonds is 7. The summed E-state index contributed by atoms with van der Waals surface area (Å²) in [6, 6.07) is 26.6. The Hall–Kier alpha value is -2.85. The van der Waals surface area contributed by atoms with Crippen molar-refractivity contribution in [3.63, 3.8) is 0 Å². The Morgan fingerprint density at radius 2 is 1.59 bits per heavy atom. The molecule has 0 saturated heterocycles.